The molecule has 1 N–H and O–H groups in total. The van der Waals surface area contributed by atoms with Gasteiger partial charge in [-0.05, 0) is 24.1 Å². The zero-order valence-electron chi connectivity index (χ0n) is 10.6. The molecule has 1 heterocycles. The molecule has 1 aromatic carbocycles. The maximum atomic E-state index is 12.2. The predicted octanol–water partition coefficient (Wildman–Crippen LogP) is 2.32. The zero-order valence-corrected chi connectivity index (χ0v) is 10.6. The second-order valence-electron chi connectivity index (χ2n) is 4.51. The Morgan fingerprint density at radius 2 is 1.89 bits per heavy atom. The number of oxime groups is 1. The van der Waals surface area contributed by atoms with Gasteiger partial charge >= 0.3 is 0 Å². The first-order valence-corrected chi connectivity index (χ1v) is 6.32. The van der Waals surface area contributed by atoms with Crippen molar-refractivity contribution in [2.45, 2.75) is 26.2 Å². The van der Waals surface area contributed by atoms with Crippen LogP contribution in [0.2, 0.25) is 0 Å². The summed E-state index contributed by atoms with van der Waals surface area (Å²) in [4.78, 5) is 14.0. The summed E-state index contributed by atoms with van der Waals surface area (Å²) in [5.41, 5.74) is 2.75. The van der Waals surface area contributed by atoms with Crippen LogP contribution in [0.15, 0.2) is 29.4 Å². The second kappa shape index (κ2) is 5.67. The van der Waals surface area contributed by atoms with Crippen LogP contribution in [0, 0.1) is 0 Å². The van der Waals surface area contributed by atoms with Crippen molar-refractivity contribution in [1.29, 1.82) is 0 Å². The molecule has 1 saturated heterocycles. The van der Waals surface area contributed by atoms with Crippen molar-refractivity contribution in [3.05, 3.63) is 35.4 Å². The summed E-state index contributed by atoms with van der Waals surface area (Å²) in [6.07, 6.45) is 2.30. The first-order chi connectivity index (χ1) is 8.74. The number of likely N-dealkylation sites (tertiary alicyclic amines) is 1. The number of aryl methyl sites for hydroxylation is 1. The molecule has 4 nitrogen and oxygen atoms in total. The van der Waals surface area contributed by atoms with E-state index in [0.29, 0.717) is 25.9 Å². The maximum Gasteiger partial charge on any atom is 0.253 e. The van der Waals surface area contributed by atoms with Gasteiger partial charge in [-0.25, -0.2) is 0 Å². The molecule has 18 heavy (non-hydrogen) atoms. The lowest BCUT2D eigenvalue weighted by molar-refractivity contribution is 0.0753. The third kappa shape index (κ3) is 2.70. The van der Waals surface area contributed by atoms with Gasteiger partial charge < -0.3 is 10.1 Å². The smallest absolute Gasteiger partial charge is 0.253 e. The first-order valence-electron chi connectivity index (χ1n) is 6.32. The molecule has 0 aromatic heterocycles. The molecule has 0 bridgehead atoms. The Balaban J connectivity index is 2.03. The molecule has 1 aliphatic rings. The fourth-order valence-corrected chi connectivity index (χ4v) is 2.13. The summed E-state index contributed by atoms with van der Waals surface area (Å²) < 4.78 is 0. The zero-order chi connectivity index (χ0) is 13.0. The lowest BCUT2D eigenvalue weighted by Gasteiger charge is -2.27. The third-order valence-electron chi connectivity index (χ3n) is 3.38. The highest BCUT2D eigenvalue weighted by atomic mass is 16.4. The largest absolute Gasteiger partial charge is 0.411 e. The van der Waals surface area contributed by atoms with Crippen LogP contribution in [-0.4, -0.2) is 34.8 Å². The molecule has 1 aliphatic heterocycles. The molecular weight excluding hydrogens is 228 g/mol. The highest BCUT2D eigenvalue weighted by Gasteiger charge is 2.21. The summed E-state index contributed by atoms with van der Waals surface area (Å²) >= 11 is 0. The average molecular weight is 246 g/mol. The van der Waals surface area contributed by atoms with Gasteiger partial charge in [0.25, 0.3) is 5.91 Å². The molecule has 0 radical (unpaired) electrons. The fraction of sp³-hybridized carbons (Fsp3) is 0.429. The van der Waals surface area contributed by atoms with Gasteiger partial charge in [-0.3, -0.25) is 4.79 Å². The Hall–Kier alpha value is -1.84. The van der Waals surface area contributed by atoms with Gasteiger partial charge in [0.05, 0.1) is 5.71 Å². The van der Waals surface area contributed by atoms with Crippen LogP contribution in [0.5, 0.6) is 0 Å². The molecule has 0 atom stereocenters. The van der Waals surface area contributed by atoms with Crippen LogP contribution in [0.25, 0.3) is 0 Å². The van der Waals surface area contributed by atoms with E-state index in [-0.39, 0.29) is 5.91 Å². The molecule has 96 valence electrons. The van der Waals surface area contributed by atoms with Crippen molar-refractivity contribution in [2.24, 2.45) is 5.16 Å². The van der Waals surface area contributed by atoms with E-state index in [4.69, 9.17) is 5.21 Å². The van der Waals surface area contributed by atoms with Gasteiger partial charge in [-0.1, -0.05) is 24.2 Å². The molecule has 1 aromatic rings. The summed E-state index contributed by atoms with van der Waals surface area (Å²) in [6, 6.07) is 7.77. The summed E-state index contributed by atoms with van der Waals surface area (Å²) in [6.45, 7) is 3.36. The van der Waals surface area contributed by atoms with Crippen LogP contribution in [0.1, 0.15) is 35.7 Å². The van der Waals surface area contributed by atoms with Crippen LogP contribution in [-0.2, 0) is 6.42 Å². The average Bonchev–Trinajstić information content (AvgIpc) is 2.47. The standard InChI is InChI=1S/C14H18N2O2/c1-2-11-3-5-12(6-4-11)14(17)16-9-7-13(15-18)8-10-16/h3-6,18H,2,7-10H2,1H3. The highest BCUT2D eigenvalue weighted by molar-refractivity contribution is 5.96. The molecular formula is C14H18N2O2. The molecule has 1 amide bonds. The minimum Gasteiger partial charge on any atom is -0.411 e. The minimum atomic E-state index is 0.0645. The molecule has 0 saturated carbocycles. The molecule has 0 unspecified atom stereocenters. The number of hydrogen-bond donors (Lipinski definition) is 1. The van der Waals surface area contributed by atoms with E-state index in [1.807, 2.05) is 29.2 Å². The molecule has 2 rings (SSSR count). The third-order valence-corrected chi connectivity index (χ3v) is 3.38. The number of piperidine rings is 1. The van der Waals surface area contributed by atoms with E-state index >= 15 is 0 Å². The number of carbonyl (C=O) groups excluding carboxylic acids is 1. The topological polar surface area (TPSA) is 52.9 Å². The van der Waals surface area contributed by atoms with Crippen LogP contribution in [0.3, 0.4) is 0 Å². The Morgan fingerprint density at radius 3 is 2.39 bits per heavy atom. The van der Waals surface area contributed by atoms with Gasteiger partial charge in [-0.15, -0.1) is 0 Å². The van der Waals surface area contributed by atoms with Gasteiger partial charge in [-0.2, -0.15) is 0 Å². The maximum absolute atomic E-state index is 12.2. The van der Waals surface area contributed by atoms with E-state index in [1.165, 1.54) is 5.56 Å². The lowest BCUT2D eigenvalue weighted by atomic mass is 10.1. The lowest BCUT2D eigenvalue weighted by Crippen LogP contribution is -2.38. The monoisotopic (exact) mass is 246 g/mol. The van der Waals surface area contributed by atoms with Crippen molar-refractivity contribution >= 4 is 11.6 Å². The Bertz CT molecular complexity index is 441. The predicted molar refractivity (Wildman–Crippen MR) is 70.2 cm³/mol. The Morgan fingerprint density at radius 1 is 1.28 bits per heavy atom. The van der Waals surface area contributed by atoms with Gasteiger partial charge in [0, 0.05) is 31.5 Å². The number of rotatable bonds is 2. The first kappa shape index (κ1) is 12.6. The Labute approximate surface area is 107 Å². The minimum absolute atomic E-state index is 0.0645. The van der Waals surface area contributed by atoms with E-state index in [2.05, 4.69) is 12.1 Å². The molecule has 0 spiro atoms. The van der Waals surface area contributed by atoms with E-state index in [0.717, 1.165) is 17.7 Å². The summed E-state index contributed by atoms with van der Waals surface area (Å²) in [5, 5.41) is 11.9. The quantitative estimate of drug-likeness (QED) is 0.643. The van der Waals surface area contributed by atoms with E-state index < -0.39 is 0 Å². The van der Waals surface area contributed by atoms with Crippen molar-refractivity contribution in [3.8, 4) is 0 Å². The number of amides is 1. The number of benzene rings is 1. The molecule has 0 aliphatic carbocycles. The van der Waals surface area contributed by atoms with Crippen LogP contribution in [0.4, 0.5) is 0 Å². The number of carbonyl (C=O) groups is 1. The fourth-order valence-electron chi connectivity index (χ4n) is 2.13. The van der Waals surface area contributed by atoms with E-state index in [1.54, 1.807) is 0 Å². The van der Waals surface area contributed by atoms with Crippen molar-refractivity contribution in [1.82, 2.24) is 4.90 Å². The Kier molecular flexibility index (Phi) is 3.97. The van der Waals surface area contributed by atoms with Gasteiger partial charge in [0.2, 0.25) is 0 Å². The van der Waals surface area contributed by atoms with Crippen molar-refractivity contribution in [2.75, 3.05) is 13.1 Å². The highest BCUT2D eigenvalue weighted by Crippen LogP contribution is 2.13. The number of hydrogen-bond acceptors (Lipinski definition) is 3. The number of nitrogens with zero attached hydrogens (tertiary/aromatic N) is 2. The van der Waals surface area contributed by atoms with Crippen LogP contribution < -0.4 is 0 Å². The van der Waals surface area contributed by atoms with Gasteiger partial charge in [0.1, 0.15) is 0 Å². The second-order valence-corrected chi connectivity index (χ2v) is 4.51. The normalized spacial score (nSPS) is 15.6. The van der Waals surface area contributed by atoms with Gasteiger partial charge in [0.15, 0.2) is 0 Å². The summed E-state index contributed by atoms with van der Waals surface area (Å²) in [5.74, 6) is 0.0645. The summed E-state index contributed by atoms with van der Waals surface area (Å²) in [7, 11) is 0. The van der Waals surface area contributed by atoms with Crippen LogP contribution >= 0.6 is 0 Å². The van der Waals surface area contributed by atoms with Crippen molar-refractivity contribution in [3.63, 3.8) is 0 Å². The van der Waals surface area contributed by atoms with E-state index in [9.17, 15) is 4.79 Å². The molecule has 4 heteroatoms. The van der Waals surface area contributed by atoms with Crippen molar-refractivity contribution < 1.29 is 10.0 Å². The SMILES string of the molecule is CCc1ccc(C(=O)N2CCC(=NO)CC2)cc1. The molecule has 1 fully saturated rings.